The third kappa shape index (κ3) is 4.45. The van der Waals surface area contributed by atoms with Gasteiger partial charge in [-0.05, 0) is 26.3 Å². The summed E-state index contributed by atoms with van der Waals surface area (Å²) in [6.45, 7) is 6.20. The lowest BCUT2D eigenvalue weighted by Gasteiger charge is -2.18. The molecule has 5 heteroatoms. The fourth-order valence-electron chi connectivity index (χ4n) is 1.21. The smallest absolute Gasteiger partial charge is 0.153 e. The molecule has 3 atom stereocenters. The minimum Gasteiger partial charge on any atom is -0.388 e. The molecule has 0 aromatic rings. The zero-order chi connectivity index (χ0) is 13.1. The number of Topliss-reactive ketones (excluding diaryl/α,β-unsaturated/α-hetero) is 1. The molecule has 0 radical (unpaired) electrons. The van der Waals surface area contributed by atoms with Crippen LogP contribution in [0, 0.1) is 5.92 Å². The van der Waals surface area contributed by atoms with Gasteiger partial charge in [-0.25, -0.2) is 8.42 Å². The molecule has 0 aliphatic rings. The molecule has 1 N–H and O–H groups in total. The molecular formula is C11H20O4S. The molecule has 0 bridgehead atoms. The van der Waals surface area contributed by atoms with Gasteiger partial charge in [0.15, 0.2) is 9.84 Å². The van der Waals surface area contributed by atoms with Gasteiger partial charge < -0.3 is 5.11 Å². The zero-order valence-electron chi connectivity index (χ0n) is 10.4. The maximum Gasteiger partial charge on any atom is 0.153 e. The lowest BCUT2D eigenvalue weighted by Crippen LogP contribution is -2.26. The Morgan fingerprint density at radius 2 is 1.69 bits per heavy atom. The van der Waals surface area contributed by atoms with Crippen molar-refractivity contribution in [2.75, 3.05) is 6.26 Å². The van der Waals surface area contributed by atoms with Crippen LogP contribution in [-0.2, 0) is 14.6 Å². The van der Waals surface area contributed by atoms with E-state index in [9.17, 15) is 18.3 Å². The highest BCUT2D eigenvalue weighted by Gasteiger charge is 2.21. The monoisotopic (exact) mass is 248 g/mol. The molecule has 0 aliphatic heterocycles. The Balaban J connectivity index is 4.87. The van der Waals surface area contributed by atoms with Crippen molar-refractivity contribution in [3.05, 3.63) is 11.6 Å². The first-order valence-corrected chi connectivity index (χ1v) is 7.08. The topological polar surface area (TPSA) is 71.4 Å². The third-order valence-corrected chi connectivity index (χ3v) is 4.24. The maximum absolute atomic E-state index is 11.2. The summed E-state index contributed by atoms with van der Waals surface area (Å²) in [5.74, 6) is -0.629. The molecule has 0 rings (SSSR count). The van der Waals surface area contributed by atoms with Gasteiger partial charge in [-0.2, -0.15) is 0 Å². The van der Waals surface area contributed by atoms with E-state index in [1.165, 1.54) is 13.0 Å². The third-order valence-electron chi connectivity index (χ3n) is 2.75. The van der Waals surface area contributed by atoms with Crippen LogP contribution in [0.25, 0.3) is 0 Å². The fourth-order valence-corrected chi connectivity index (χ4v) is 1.67. The van der Waals surface area contributed by atoms with Gasteiger partial charge in [0.1, 0.15) is 5.78 Å². The Labute approximate surface area is 97.3 Å². The Hall–Kier alpha value is -0.680. The first-order chi connectivity index (χ1) is 7.07. The largest absolute Gasteiger partial charge is 0.388 e. The summed E-state index contributed by atoms with van der Waals surface area (Å²) in [7, 11) is -3.15. The number of rotatable bonds is 5. The molecule has 0 saturated carbocycles. The molecule has 0 amide bonds. The van der Waals surface area contributed by atoms with Gasteiger partial charge in [0, 0.05) is 12.2 Å². The molecule has 4 nitrogen and oxygen atoms in total. The van der Waals surface area contributed by atoms with Crippen molar-refractivity contribution in [3.63, 3.8) is 0 Å². The second-order valence-electron chi connectivity index (χ2n) is 4.29. The van der Waals surface area contributed by atoms with Gasteiger partial charge in [0.2, 0.25) is 0 Å². The first-order valence-electron chi connectivity index (χ1n) is 5.13. The molecule has 0 aromatic heterocycles. The summed E-state index contributed by atoms with van der Waals surface area (Å²) in [5, 5.41) is 9.14. The van der Waals surface area contributed by atoms with Crippen molar-refractivity contribution in [2.24, 2.45) is 5.92 Å². The summed E-state index contributed by atoms with van der Waals surface area (Å²) >= 11 is 0. The Kier molecular flexibility index (Phi) is 5.35. The Morgan fingerprint density at radius 3 is 2.00 bits per heavy atom. The molecule has 94 valence electrons. The number of sulfone groups is 1. The minimum atomic E-state index is -3.15. The normalized spacial score (nSPS) is 19.0. The van der Waals surface area contributed by atoms with Gasteiger partial charge in [0.05, 0.1) is 11.4 Å². The van der Waals surface area contributed by atoms with Gasteiger partial charge in [-0.15, -0.1) is 0 Å². The van der Waals surface area contributed by atoms with Gasteiger partial charge >= 0.3 is 0 Å². The highest BCUT2D eigenvalue weighted by Crippen LogP contribution is 2.15. The second kappa shape index (κ2) is 5.59. The summed E-state index contributed by atoms with van der Waals surface area (Å²) in [4.78, 5) is 11.1. The van der Waals surface area contributed by atoms with E-state index in [2.05, 4.69) is 0 Å². The zero-order valence-corrected chi connectivity index (χ0v) is 11.2. The van der Waals surface area contributed by atoms with E-state index in [4.69, 9.17) is 0 Å². The van der Waals surface area contributed by atoms with Crippen molar-refractivity contribution in [3.8, 4) is 0 Å². The fraction of sp³-hybridized carbons (Fsp3) is 0.727. The van der Waals surface area contributed by atoms with Crippen LogP contribution in [0.1, 0.15) is 27.7 Å². The van der Waals surface area contributed by atoms with E-state index in [-0.39, 0.29) is 5.78 Å². The molecule has 0 saturated heterocycles. The molecular weight excluding hydrogens is 228 g/mol. The Morgan fingerprint density at radius 1 is 1.25 bits per heavy atom. The quantitative estimate of drug-likeness (QED) is 0.735. The summed E-state index contributed by atoms with van der Waals surface area (Å²) < 4.78 is 22.4. The van der Waals surface area contributed by atoms with Crippen LogP contribution in [-0.4, -0.2) is 36.9 Å². The number of hydrogen-bond donors (Lipinski definition) is 1. The van der Waals surface area contributed by atoms with Gasteiger partial charge in [-0.3, -0.25) is 4.79 Å². The number of aliphatic hydroxyl groups excluding tert-OH is 1. The molecule has 0 spiro atoms. The van der Waals surface area contributed by atoms with E-state index in [0.717, 1.165) is 6.26 Å². The average molecular weight is 248 g/mol. The standard InChI is InChI=1S/C11H20O4S/c1-7(6-8(2)16(5,14)15)11(13)9(3)10(4)12/h6,8-9,11,13H,1-5H3/b7-6-/t8-,9?,11-/m0/s1. The number of hydrogen-bond acceptors (Lipinski definition) is 4. The van der Waals surface area contributed by atoms with Crippen molar-refractivity contribution in [2.45, 2.75) is 39.0 Å². The lowest BCUT2D eigenvalue weighted by molar-refractivity contribution is -0.122. The van der Waals surface area contributed by atoms with E-state index >= 15 is 0 Å². The van der Waals surface area contributed by atoms with Crippen LogP contribution in [0.15, 0.2) is 11.6 Å². The van der Waals surface area contributed by atoms with Crippen molar-refractivity contribution in [1.82, 2.24) is 0 Å². The summed E-state index contributed by atoms with van der Waals surface area (Å²) in [6.07, 6.45) is 1.71. The second-order valence-corrected chi connectivity index (χ2v) is 6.69. The van der Waals surface area contributed by atoms with E-state index in [1.54, 1.807) is 20.8 Å². The van der Waals surface area contributed by atoms with Gasteiger partial charge in [0.25, 0.3) is 0 Å². The molecule has 0 aliphatic carbocycles. The van der Waals surface area contributed by atoms with Crippen LogP contribution in [0.3, 0.4) is 0 Å². The minimum absolute atomic E-state index is 0.118. The van der Waals surface area contributed by atoms with E-state index in [0.29, 0.717) is 5.57 Å². The molecule has 16 heavy (non-hydrogen) atoms. The van der Waals surface area contributed by atoms with Crippen LogP contribution < -0.4 is 0 Å². The number of carbonyl (C=O) groups excluding carboxylic acids is 1. The van der Waals surface area contributed by atoms with Crippen LogP contribution in [0.5, 0.6) is 0 Å². The SMILES string of the molecule is CC(=O)C(C)[C@@H](O)/C(C)=C\[C@H](C)S(C)(=O)=O. The number of aliphatic hydroxyl groups is 1. The highest BCUT2D eigenvalue weighted by molar-refractivity contribution is 7.91. The van der Waals surface area contributed by atoms with E-state index < -0.39 is 27.1 Å². The predicted octanol–water partition coefficient (Wildman–Crippen LogP) is 0.952. The molecule has 0 heterocycles. The van der Waals surface area contributed by atoms with Crippen LogP contribution >= 0.6 is 0 Å². The number of carbonyl (C=O) groups is 1. The molecule has 1 unspecified atom stereocenters. The molecule has 0 aromatic carbocycles. The van der Waals surface area contributed by atoms with Crippen molar-refractivity contribution in [1.29, 1.82) is 0 Å². The summed E-state index contributed by atoms with van der Waals surface area (Å²) in [5.41, 5.74) is 0.514. The van der Waals surface area contributed by atoms with Crippen molar-refractivity contribution < 1.29 is 18.3 Å². The van der Waals surface area contributed by atoms with Crippen LogP contribution in [0.2, 0.25) is 0 Å². The first kappa shape index (κ1) is 15.3. The summed E-state index contributed by atoms with van der Waals surface area (Å²) in [6, 6.07) is 0. The van der Waals surface area contributed by atoms with Crippen molar-refractivity contribution >= 4 is 15.6 Å². The van der Waals surface area contributed by atoms with Gasteiger partial charge in [-0.1, -0.05) is 13.0 Å². The predicted molar refractivity (Wildman–Crippen MR) is 63.9 cm³/mol. The Bertz CT molecular complexity index is 381. The van der Waals surface area contributed by atoms with E-state index in [1.807, 2.05) is 0 Å². The molecule has 0 fully saturated rings. The maximum atomic E-state index is 11.2. The van der Waals surface area contributed by atoms with Crippen LogP contribution in [0.4, 0.5) is 0 Å². The number of ketones is 1. The lowest BCUT2D eigenvalue weighted by atomic mass is 9.94. The average Bonchev–Trinajstić information content (AvgIpc) is 2.13. The highest BCUT2D eigenvalue weighted by atomic mass is 32.2.